The van der Waals surface area contributed by atoms with E-state index in [1.54, 1.807) is 13.8 Å². The highest BCUT2D eigenvalue weighted by molar-refractivity contribution is 7.89. The summed E-state index contributed by atoms with van der Waals surface area (Å²) in [6, 6.07) is 1.16. The van der Waals surface area contributed by atoms with E-state index in [4.69, 9.17) is 11.6 Å². The van der Waals surface area contributed by atoms with Gasteiger partial charge in [0.15, 0.2) is 0 Å². The topological polar surface area (TPSA) is 113 Å². The van der Waals surface area contributed by atoms with Crippen molar-refractivity contribution in [1.29, 1.82) is 0 Å². The van der Waals surface area contributed by atoms with Crippen LogP contribution in [0.3, 0.4) is 0 Å². The number of amides is 2. The Labute approximate surface area is 207 Å². The largest absolute Gasteiger partial charge is 0.452 e. The van der Waals surface area contributed by atoms with E-state index in [2.05, 4.69) is 10.0 Å². The number of likely N-dealkylation sites (tertiary alicyclic amines) is 1. The van der Waals surface area contributed by atoms with Crippen LogP contribution in [0.1, 0.15) is 40.5 Å². The molecule has 2 rings (SSSR count). The quantitative estimate of drug-likeness (QED) is 0.501. The molecule has 2 N–H and O–H groups in total. The second-order valence-corrected chi connectivity index (χ2v) is 11.2. The summed E-state index contributed by atoms with van der Waals surface area (Å²) in [4.78, 5) is 39.0. The Hall–Kier alpha value is -2.18. The molecule has 8 nitrogen and oxygen atoms in total. The van der Waals surface area contributed by atoms with Crippen molar-refractivity contribution in [3.63, 3.8) is 0 Å². The van der Waals surface area contributed by atoms with E-state index in [1.807, 2.05) is 0 Å². The van der Waals surface area contributed by atoms with E-state index in [0.29, 0.717) is 11.4 Å². The fourth-order valence-electron chi connectivity index (χ4n) is 3.76. The van der Waals surface area contributed by atoms with Gasteiger partial charge >= 0.3 is 6.18 Å². The molecule has 0 bridgehead atoms. The average molecular weight is 540 g/mol. The van der Waals surface area contributed by atoms with E-state index >= 15 is 0 Å². The van der Waals surface area contributed by atoms with Crippen LogP contribution in [0, 0.1) is 11.8 Å². The first-order valence-electron chi connectivity index (χ1n) is 11.1. The first-order chi connectivity index (χ1) is 16.1. The molecule has 1 heterocycles. The average Bonchev–Trinajstić information content (AvgIpc) is 3.24. The van der Waals surface area contributed by atoms with Crippen molar-refractivity contribution in [3.05, 3.63) is 29.3 Å². The molecule has 196 valence electrons. The zero-order chi connectivity index (χ0) is 26.7. The van der Waals surface area contributed by atoms with Crippen LogP contribution in [0.25, 0.3) is 0 Å². The zero-order valence-electron chi connectivity index (χ0n) is 19.7. The van der Waals surface area contributed by atoms with Gasteiger partial charge in [-0.25, -0.2) is 8.42 Å². The predicted molar refractivity (Wildman–Crippen MR) is 123 cm³/mol. The summed E-state index contributed by atoms with van der Waals surface area (Å²) in [7, 11) is -4.12. The Morgan fingerprint density at radius 3 is 2.06 bits per heavy atom. The summed E-state index contributed by atoms with van der Waals surface area (Å²) >= 11 is 5.80. The minimum atomic E-state index is -5.13. The first-order valence-corrected chi connectivity index (χ1v) is 12.9. The molecule has 1 fully saturated rings. The zero-order valence-corrected chi connectivity index (χ0v) is 21.3. The number of carbonyl (C=O) groups excluding carboxylic acids is 3. The highest BCUT2D eigenvalue weighted by atomic mass is 35.5. The van der Waals surface area contributed by atoms with Crippen LogP contribution in [-0.2, 0) is 24.4 Å². The number of alkyl halides is 3. The molecular formula is C22H29ClF3N3O5S. The molecule has 0 spiro atoms. The van der Waals surface area contributed by atoms with Crippen LogP contribution >= 0.6 is 11.6 Å². The number of sulfonamides is 1. The molecule has 2 unspecified atom stereocenters. The fourth-order valence-corrected chi connectivity index (χ4v) is 5.23. The lowest BCUT2D eigenvalue weighted by molar-refractivity contribution is -0.175. The molecule has 0 aliphatic carbocycles. The van der Waals surface area contributed by atoms with Crippen LogP contribution in [-0.4, -0.2) is 61.8 Å². The normalized spacial score (nSPS) is 18.6. The van der Waals surface area contributed by atoms with Crippen molar-refractivity contribution in [2.24, 2.45) is 11.8 Å². The highest BCUT2D eigenvalue weighted by Crippen LogP contribution is 2.24. The van der Waals surface area contributed by atoms with Crippen molar-refractivity contribution in [3.8, 4) is 0 Å². The van der Waals surface area contributed by atoms with E-state index < -0.39 is 63.8 Å². The molecule has 35 heavy (non-hydrogen) atoms. The molecule has 1 saturated heterocycles. The summed E-state index contributed by atoms with van der Waals surface area (Å²) < 4.78 is 66.9. The summed E-state index contributed by atoms with van der Waals surface area (Å²) in [5, 5.41) is 2.47. The monoisotopic (exact) mass is 539 g/mol. The minimum absolute atomic E-state index is 0.110. The van der Waals surface area contributed by atoms with Gasteiger partial charge in [0, 0.05) is 11.6 Å². The van der Waals surface area contributed by atoms with Crippen LogP contribution in [0.4, 0.5) is 13.2 Å². The molecule has 1 aliphatic heterocycles. The van der Waals surface area contributed by atoms with Crippen LogP contribution in [0.2, 0.25) is 5.02 Å². The molecule has 1 aromatic rings. The van der Waals surface area contributed by atoms with E-state index in [-0.39, 0.29) is 17.9 Å². The predicted octanol–water partition coefficient (Wildman–Crippen LogP) is 2.91. The number of hydrogen-bond donors (Lipinski definition) is 2. The number of carbonyl (C=O) groups is 3. The Kier molecular flexibility index (Phi) is 9.34. The van der Waals surface area contributed by atoms with Crippen molar-refractivity contribution in [1.82, 2.24) is 14.9 Å². The third-order valence-electron chi connectivity index (χ3n) is 5.70. The maximum absolute atomic E-state index is 13.3. The Bertz CT molecular complexity index is 1050. The first kappa shape index (κ1) is 29.1. The number of rotatable bonds is 9. The number of nitrogens with one attached hydrogen (secondary N) is 2. The van der Waals surface area contributed by atoms with Gasteiger partial charge in [0.2, 0.25) is 21.8 Å². The summed E-state index contributed by atoms with van der Waals surface area (Å²) in [6.07, 6.45) is -4.58. The van der Waals surface area contributed by atoms with Gasteiger partial charge in [-0.15, -0.1) is 0 Å². The second kappa shape index (κ2) is 11.3. The molecule has 1 aromatic carbocycles. The van der Waals surface area contributed by atoms with Gasteiger partial charge in [0.25, 0.3) is 5.78 Å². The lowest BCUT2D eigenvalue weighted by Crippen LogP contribution is -2.58. The number of Topliss-reactive ketones (excluding diaryl/α,β-unsaturated/α-hetero) is 1. The van der Waals surface area contributed by atoms with Crippen molar-refractivity contribution in [2.45, 2.75) is 69.7 Å². The summed E-state index contributed by atoms with van der Waals surface area (Å²) in [6.45, 7) is 6.09. The van der Waals surface area contributed by atoms with Crippen LogP contribution in [0.5, 0.6) is 0 Å². The smallest absolute Gasteiger partial charge is 0.344 e. The molecule has 13 heteroatoms. The van der Waals surface area contributed by atoms with Crippen molar-refractivity contribution >= 4 is 39.2 Å². The molecule has 2 amide bonds. The van der Waals surface area contributed by atoms with Gasteiger partial charge in [0.05, 0.1) is 10.9 Å². The Balaban J connectivity index is 2.24. The number of hydrogen-bond acceptors (Lipinski definition) is 5. The van der Waals surface area contributed by atoms with Gasteiger partial charge in [-0.05, 0) is 48.9 Å². The van der Waals surface area contributed by atoms with Gasteiger partial charge in [-0.3, -0.25) is 14.4 Å². The van der Waals surface area contributed by atoms with Gasteiger partial charge in [0.1, 0.15) is 12.1 Å². The Morgan fingerprint density at radius 2 is 1.57 bits per heavy atom. The van der Waals surface area contributed by atoms with Crippen LogP contribution < -0.4 is 10.0 Å². The minimum Gasteiger partial charge on any atom is -0.344 e. The number of halogens is 4. The van der Waals surface area contributed by atoms with E-state index in [9.17, 15) is 36.0 Å². The molecule has 0 radical (unpaired) electrons. The Morgan fingerprint density at radius 1 is 1.03 bits per heavy atom. The molecule has 1 aliphatic rings. The maximum Gasteiger partial charge on any atom is 0.452 e. The number of nitrogens with zero attached hydrogens (tertiary/aromatic N) is 1. The third-order valence-corrected chi connectivity index (χ3v) is 7.41. The summed E-state index contributed by atoms with van der Waals surface area (Å²) in [5.41, 5.74) is 0. The maximum atomic E-state index is 13.3. The lowest BCUT2D eigenvalue weighted by atomic mass is 9.98. The standard InChI is InChI=1S/C22H29ClF3N3O5S/c1-12(2)17(19(30)22(24,25)26)27-20(31)16-6-5-11-29(16)21(32)18(13(3)4)28-35(33,34)15-9-7-14(23)8-10-15/h7-10,12-13,16-18,28H,5-6,11H2,1-4H3,(H,27,31)/t16?,17?,18-/m0/s1. The molecular weight excluding hydrogens is 511 g/mol. The van der Waals surface area contributed by atoms with E-state index in [0.717, 1.165) is 4.90 Å². The number of ketones is 1. The van der Waals surface area contributed by atoms with Crippen molar-refractivity contribution in [2.75, 3.05) is 6.54 Å². The SMILES string of the molecule is CC(C)C(NC(=O)C1CCCN1C(=O)[C@@H](NS(=O)(=O)c1ccc(Cl)cc1)C(C)C)C(=O)C(F)(F)F. The van der Waals surface area contributed by atoms with Gasteiger partial charge < -0.3 is 10.2 Å². The second-order valence-electron chi connectivity index (χ2n) is 9.08. The molecule has 0 saturated carbocycles. The van der Waals surface area contributed by atoms with Gasteiger partial charge in [-0.1, -0.05) is 39.3 Å². The van der Waals surface area contributed by atoms with Crippen LogP contribution in [0.15, 0.2) is 29.2 Å². The lowest BCUT2D eigenvalue weighted by Gasteiger charge is -2.31. The van der Waals surface area contributed by atoms with Gasteiger partial charge in [-0.2, -0.15) is 17.9 Å². The highest BCUT2D eigenvalue weighted by Gasteiger charge is 2.46. The fraction of sp³-hybridized carbons (Fsp3) is 0.591. The van der Waals surface area contributed by atoms with Crippen molar-refractivity contribution < 1.29 is 36.0 Å². The van der Waals surface area contributed by atoms with E-state index in [1.165, 1.54) is 38.1 Å². The summed E-state index contributed by atoms with van der Waals surface area (Å²) in [5.74, 6) is -5.00. The third kappa shape index (κ3) is 7.17. The number of benzene rings is 1. The molecule has 3 atom stereocenters. The molecule has 0 aromatic heterocycles.